The van der Waals surface area contributed by atoms with Crippen LogP contribution in [0.2, 0.25) is 0 Å². The molecule has 1 fully saturated rings. The van der Waals surface area contributed by atoms with Gasteiger partial charge in [0, 0.05) is 25.7 Å². The normalized spacial score (nSPS) is 19.5. The van der Waals surface area contributed by atoms with E-state index >= 15 is 0 Å². The summed E-state index contributed by atoms with van der Waals surface area (Å²) in [6.45, 7) is 8.89. The maximum Gasteiger partial charge on any atom is 0.317 e. The Labute approximate surface area is 105 Å². The highest BCUT2D eigenvalue weighted by atomic mass is 16.2. The van der Waals surface area contributed by atoms with E-state index in [4.69, 9.17) is 5.73 Å². The van der Waals surface area contributed by atoms with E-state index in [0.29, 0.717) is 12.5 Å². The van der Waals surface area contributed by atoms with Gasteiger partial charge in [-0.05, 0) is 31.1 Å². The summed E-state index contributed by atoms with van der Waals surface area (Å²) >= 11 is 0. The molecule has 0 aromatic heterocycles. The van der Waals surface area contributed by atoms with Crippen LogP contribution in [0.25, 0.3) is 0 Å². The molecule has 1 atom stereocenters. The lowest BCUT2D eigenvalue weighted by Gasteiger charge is -2.30. The molecular formula is C13H27N3O. The number of piperidine rings is 1. The first-order chi connectivity index (χ1) is 7.99. The zero-order valence-corrected chi connectivity index (χ0v) is 11.4. The molecule has 2 amide bonds. The number of nitrogens with one attached hydrogen (secondary N) is 1. The molecule has 3 N–H and O–H groups in total. The van der Waals surface area contributed by atoms with E-state index in [2.05, 4.69) is 26.1 Å². The quantitative estimate of drug-likeness (QED) is 0.788. The maximum absolute atomic E-state index is 11.9. The zero-order valence-electron chi connectivity index (χ0n) is 11.4. The number of urea groups is 1. The van der Waals surface area contributed by atoms with Gasteiger partial charge in [-0.2, -0.15) is 0 Å². The van der Waals surface area contributed by atoms with E-state index in [1.54, 1.807) is 0 Å². The molecule has 4 nitrogen and oxygen atoms in total. The van der Waals surface area contributed by atoms with Crippen molar-refractivity contribution in [3.05, 3.63) is 0 Å². The summed E-state index contributed by atoms with van der Waals surface area (Å²) in [6, 6.07) is 0.124. The second-order valence-electron chi connectivity index (χ2n) is 5.75. The molecule has 0 aliphatic carbocycles. The standard InChI is InChI=1S/C13H27N3O/c1-10(2)8-12(14)9-15-13(17)16-6-4-11(3)5-7-16/h10-12H,4-9,14H2,1-3H3,(H,15,17). The molecule has 0 aromatic carbocycles. The third-order valence-electron chi connectivity index (χ3n) is 3.36. The summed E-state index contributed by atoms with van der Waals surface area (Å²) < 4.78 is 0. The van der Waals surface area contributed by atoms with E-state index < -0.39 is 0 Å². The predicted molar refractivity (Wildman–Crippen MR) is 70.8 cm³/mol. The second kappa shape index (κ2) is 6.84. The molecule has 1 rings (SSSR count). The SMILES string of the molecule is CC(C)CC(N)CNC(=O)N1CCC(C)CC1. The van der Waals surface area contributed by atoms with Crippen molar-refractivity contribution in [1.29, 1.82) is 0 Å². The third kappa shape index (κ3) is 5.39. The van der Waals surface area contributed by atoms with Crippen LogP contribution in [-0.2, 0) is 0 Å². The van der Waals surface area contributed by atoms with Gasteiger partial charge in [0.2, 0.25) is 0 Å². The van der Waals surface area contributed by atoms with Crippen LogP contribution < -0.4 is 11.1 Å². The molecule has 1 unspecified atom stereocenters. The number of hydrogen-bond donors (Lipinski definition) is 2. The van der Waals surface area contributed by atoms with Gasteiger partial charge >= 0.3 is 6.03 Å². The minimum absolute atomic E-state index is 0.0520. The third-order valence-corrected chi connectivity index (χ3v) is 3.36. The number of rotatable bonds is 4. The molecule has 0 bridgehead atoms. The molecule has 1 aliphatic rings. The lowest BCUT2D eigenvalue weighted by molar-refractivity contribution is 0.173. The van der Waals surface area contributed by atoms with Gasteiger partial charge in [-0.25, -0.2) is 4.79 Å². The molecule has 17 heavy (non-hydrogen) atoms. The van der Waals surface area contributed by atoms with E-state index in [9.17, 15) is 4.79 Å². The minimum atomic E-state index is 0.0520. The largest absolute Gasteiger partial charge is 0.336 e. The Balaban J connectivity index is 2.20. The van der Waals surface area contributed by atoms with E-state index in [1.165, 1.54) is 0 Å². The monoisotopic (exact) mass is 241 g/mol. The van der Waals surface area contributed by atoms with E-state index in [0.717, 1.165) is 38.3 Å². The van der Waals surface area contributed by atoms with Crippen LogP contribution in [0.1, 0.15) is 40.0 Å². The molecule has 0 aromatic rings. The Bertz CT molecular complexity index is 235. The van der Waals surface area contributed by atoms with Crippen LogP contribution in [0.4, 0.5) is 4.79 Å². The maximum atomic E-state index is 11.9. The van der Waals surface area contributed by atoms with Crippen molar-refractivity contribution in [2.45, 2.75) is 46.1 Å². The number of nitrogens with two attached hydrogens (primary N) is 1. The molecule has 100 valence electrons. The fourth-order valence-corrected chi connectivity index (χ4v) is 2.23. The average Bonchev–Trinajstić information content (AvgIpc) is 2.26. The van der Waals surface area contributed by atoms with E-state index in [-0.39, 0.29) is 12.1 Å². The van der Waals surface area contributed by atoms with Gasteiger partial charge in [0.25, 0.3) is 0 Å². The molecular weight excluding hydrogens is 214 g/mol. The highest BCUT2D eigenvalue weighted by Crippen LogP contribution is 2.15. The smallest absolute Gasteiger partial charge is 0.317 e. The number of carbonyl (C=O) groups excluding carboxylic acids is 1. The number of amides is 2. The van der Waals surface area contributed by atoms with Gasteiger partial charge in [-0.3, -0.25) is 0 Å². The van der Waals surface area contributed by atoms with Crippen molar-refractivity contribution in [3.63, 3.8) is 0 Å². The summed E-state index contributed by atoms with van der Waals surface area (Å²) in [4.78, 5) is 13.8. The molecule has 1 heterocycles. The minimum Gasteiger partial charge on any atom is -0.336 e. The van der Waals surface area contributed by atoms with Gasteiger partial charge < -0.3 is 16.0 Å². The van der Waals surface area contributed by atoms with Gasteiger partial charge in [-0.1, -0.05) is 20.8 Å². The molecule has 0 spiro atoms. The van der Waals surface area contributed by atoms with Gasteiger partial charge in [0.15, 0.2) is 0 Å². The van der Waals surface area contributed by atoms with Gasteiger partial charge in [0.1, 0.15) is 0 Å². The summed E-state index contributed by atoms with van der Waals surface area (Å²) in [5.41, 5.74) is 5.94. The first-order valence-corrected chi connectivity index (χ1v) is 6.77. The second-order valence-corrected chi connectivity index (χ2v) is 5.75. The number of likely N-dealkylation sites (tertiary alicyclic amines) is 1. The van der Waals surface area contributed by atoms with Crippen molar-refractivity contribution in [2.24, 2.45) is 17.6 Å². The highest BCUT2D eigenvalue weighted by molar-refractivity contribution is 5.74. The molecule has 0 radical (unpaired) electrons. The van der Waals surface area contributed by atoms with Crippen LogP contribution in [0.5, 0.6) is 0 Å². The van der Waals surface area contributed by atoms with Crippen LogP contribution in [0.3, 0.4) is 0 Å². The van der Waals surface area contributed by atoms with Gasteiger partial charge in [-0.15, -0.1) is 0 Å². The van der Waals surface area contributed by atoms with Crippen LogP contribution >= 0.6 is 0 Å². The van der Waals surface area contributed by atoms with Crippen LogP contribution in [-0.4, -0.2) is 36.6 Å². The van der Waals surface area contributed by atoms with Crippen molar-refractivity contribution >= 4 is 6.03 Å². The topological polar surface area (TPSA) is 58.4 Å². The summed E-state index contributed by atoms with van der Waals surface area (Å²) in [5.74, 6) is 1.33. The number of hydrogen-bond acceptors (Lipinski definition) is 2. The van der Waals surface area contributed by atoms with Crippen molar-refractivity contribution < 1.29 is 4.79 Å². The van der Waals surface area contributed by atoms with Gasteiger partial charge in [0.05, 0.1) is 0 Å². The highest BCUT2D eigenvalue weighted by Gasteiger charge is 2.20. The average molecular weight is 241 g/mol. The lowest BCUT2D eigenvalue weighted by atomic mass is 10.00. The molecule has 0 saturated carbocycles. The summed E-state index contributed by atoms with van der Waals surface area (Å²) in [7, 11) is 0. The Morgan fingerprint density at radius 3 is 2.53 bits per heavy atom. The first-order valence-electron chi connectivity index (χ1n) is 6.77. The Morgan fingerprint density at radius 2 is 2.00 bits per heavy atom. The van der Waals surface area contributed by atoms with Crippen molar-refractivity contribution in [1.82, 2.24) is 10.2 Å². The molecule has 4 heteroatoms. The number of carbonyl (C=O) groups is 1. The lowest BCUT2D eigenvalue weighted by Crippen LogP contribution is -2.47. The Kier molecular flexibility index (Phi) is 5.75. The fourth-order valence-electron chi connectivity index (χ4n) is 2.23. The summed E-state index contributed by atoms with van der Waals surface area (Å²) in [5, 5.41) is 2.93. The predicted octanol–water partition coefficient (Wildman–Crippen LogP) is 1.80. The van der Waals surface area contributed by atoms with Crippen molar-refractivity contribution in [3.8, 4) is 0 Å². The summed E-state index contributed by atoms with van der Waals surface area (Å²) in [6.07, 6.45) is 3.19. The van der Waals surface area contributed by atoms with Crippen LogP contribution in [0, 0.1) is 11.8 Å². The fraction of sp³-hybridized carbons (Fsp3) is 0.923. The Hall–Kier alpha value is -0.770. The zero-order chi connectivity index (χ0) is 12.8. The molecule has 1 saturated heterocycles. The first kappa shape index (κ1) is 14.3. The molecule has 1 aliphatic heterocycles. The van der Waals surface area contributed by atoms with E-state index in [1.807, 2.05) is 4.90 Å². The van der Waals surface area contributed by atoms with Crippen molar-refractivity contribution in [2.75, 3.05) is 19.6 Å². The van der Waals surface area contributed by atoms with Crippen LogP contribution in [0.15, 0.2) is 0 Å². The number of nitrogens with zero attached hydrogens (tertiary/aromatic N) is 1. The Morgan fingerprint density at radius 1 is 1.41 bits per heavy atom.